The van der Waals surface area contributed by atoms with Crippen LogP contribution < -0.4 is 0 Å². The first-order valence-electron chi connectivity index (χ1n) is 11.1. The fraction of sp³-hybridized carbons (Fsp3) is 0.458. The Balaban J connectivity index is 1.65. The lowest BCUT2D eigenvalue weighted by molar-refractivity contribution is -0.143. The van der Waals surface area contributed by atoms with Gasteiger partial charge in [0, 0.05) is 60.2 Å². The quantitative estimate of drug-likeness (QED) is 0.423. The summed E-state index contributed by atoms with van der Waals surface area (Å²) in [7, 11) is 0. The van der Waals surface area contributed by atoms with Crippen LogP contribution in [0.1, 0.15) is 39.4 Å². The minimum absolute atomic E-state index is 0.0356. The van der Waals surface area contributed by atoms with Gasteiger partial charge in [0.1, 0.15) is 0 Å². The molecule has 4 rings (SSSR count). The Hall–Kier alpha value is -1.91. The molecule has 2 atom stereocenters. The molecule has 0 aliphatic carbocycles. The van der Waals surface area contributed by atoms with Crippen molar-refractivity contribution in [3.63, 3.8) is 0 Å². The Bertz CT molecular complexity index is 1020. The minimum atomic E-state index is -5.01. The number of carbonyl (C=O) groups excluding carboxylic acids is 1. The number of hydrogen-bond acceptors (Lipinski definition) is 3. The summed E-state index contributed by atoms with van der Waals surface area (Å²) in [6, 6.07) is 8.34. The number of piperidine rings is 1. The third-order valence-corrected chi connectivity index (χ3v) is 7.71. The molecule has 3 nitrogen and oxygen atoms in total. The standard InChI is InChI=1S/C24H23ClF6N2OS/c25-19-3-1-15(2-4-19)20-14-33(6-5-21(20)32-7-9-35-10-8-32)22(34)16-11-17(23(26,27)28)13-18(12-16)24(29,30)31/h1-4,11-13,20-21H,5-10,14H2/t20-,21-/m1/s1. The van der Waals surface area contributed by atoms with E-state index in [1.54, 1.807) is 12.1 Å². The molecule has 0 radical (unpaired) electrons. The molecule has 0 spiro atoms. The third-order valence-electron chi connectivity index (χ3n) is 6.51. The highest BCUT2D eigenvalue weighted by Crippen LogP contribution is 2.38. The summed E-state index contributed by atoms with van der Waals surface area (Å²) in [6.07, 6.45) is -9.46. The van der Waals surface area contributed by atoms with Crippen LogP contribution in [-0.2, 0) is 12.4 Å². The van der Waals surface area contributed by atoms with Gasteiger partial charge < -0.3 is 4.90 Å². The molecule has 2 heterocycles. The minimum Gasteiger partial charge on any atom is -0.338 e. The SMILES string of the molecule is O=C(c1cc(C(F)(F)F)cc(C(F)(F)F)c1)N1CC[C@@H](N2CCSCC2)[C@@H](c2ccc(Cl)cc2)C1. The van der Waals surface area contributed by atoms with Gasteiger partial charge in [-0.05, 0) is 42.3 Å². The van der Waals surface area contributed by atoms with Crippen LogP contribution >= 0.6 is 23.4 Å². The lowest BCUT2D eigenvalue weighted by atomic mass is 9.84. The molecule has 2 aliphatic rings. The fourth-order valence-electron chi connectivity index (χ4n) is 4.77. The van der Waals surface area contributed by atoms with E-state index in [1.165, 1.54) is 4.90 Å². The van der Waals surface area contributed by atoms with Crippen molar-refractivity contribution in [1.82, 2.24) is 9.80 Å². The van der Waals surface area contributed by atoms with E-state index in [9.17, 15) is 31.1 Å². The van der Waals surface area contributed by atoms with Crippen molar-refractivity contribution in [2.24, 2.45) is 0 Å². The third kappa shape index (κ3) is 6.09. The number of rotatable bonds is 3. The topological polar surface area (TPSA) is 23.6 Å². The van der Waals surface area contributed by atoms with E-state index in [2.05, 4.69) is 4.90 Å². The van der Waals surface area contributed by atoms with E-state index >= 15 is 0 Å². The molecule has 11 heteroatoms. The highest BCUT2D eigenvalue weighted by Gasteiger charge is 2.40. The lowest BCUT2D eigenvalue weighted by Gasteiger charge is -2.45. The summed E-state index contributed by atoms with van der Waals surface area (Å²) in [5, 5.41) is 0.548. The monoisotopic (exact) mass is 536 g/mol. The maximum atomic E-state index is 13.3. The number of likely N-dealkylation sites (tertiary alicyclic amines) is 1. The molecule has 2 saturated heterocycles. The number of hydrogen-bond donors (Lipinski definition) is 0. The second-order valence-corrected chi connectivity index (χ2v) is 10.4. The molecule has 2 aromatic rings. The average molecular weight is 537 g/mol. The first kappa shape index (κ1) is 26.2. The molecule has 190 valence electrons. The second-order valence-electron chi connectivity index (χ2n) is 8.71. The summed E-state index contributed by atoms with van der Waals surface area (Å²) in [4.78, 5) is 17.0. The van der Waals surface area contributed by atoms with Crippen LogP contribution in [0.3, 0.4) is 0 Å². The van der Waals surface area contributed by atoms with Gasteiger partial charge in [-0.1, -0.05) is 23.7 Å². The molecule has 0 aromatic heterocycles. The van der Waals surface area contributed by atoms with E-state index in [0.717, 1.165) is 30.2 Å². The van der Waals surface area contributed by atoms with Gasteiger partial charge in [-0.15, -0.1) is 0 Å². The summed E-state index contributed by atoms with van der Waals surface area (Å²) < 4.78 is 79.8. The number of benzene rings is 2. The highest BCUT2D eigenvalue weighted by atomic mass is 35.5. The maximum absolute atomic E-state index is 13.3. The number of halogens is 7. The first-order chi connectivity index (χ1) is 16.4. The second kappa shape index (κ2) is 10.2. The van der Waals surface area contributed by atoms with Crippen LogP contribution in [0.15, 0.2) is 42.5 Å². The van der Waals surface area contributed by atoms with E-state index in [0.29, 0.717) is 23.6 Å². The molecule has 35 heavy (non-hydrogen) atoms. The molecule has 0 saturated carbocycles. The Morgan fingerprint density at radius 3 is 2.00 bits per heavy atom. The van der Waals surface area contributed by atoms with Gasteiger partial charge in [0.2, 0.25) is 0 Å². The average Bonchev–Trinajstić information content (AvgIpc) is 2.83. The van der Waals surface area contributed by atoms with Gasteiger partial charge in [-0.25, -0.2) is 0 Å². The molecular formula is C24H23ClF6N2OS. The number of alkyl halides is 6. The highest BCUT2D eigenvalue weighted by molar-refractivity contribution is 7.99. The summed E-state index contributed by atoms with van der Waals surface area (Å²) in [5.41, 5.74) is -2.68. The summed E-state index contributed by atoms with van der Waals surface area (Å²) in [5.74, 6) is 0.975. The van der Waals surface area contributed by atoms with Gasteiger partial charge in [-0.2, -0.15) is 38.1 Å². The number of thioether (sulfide) groups is 1. The van der Waals surface area contributed by atoms with Crippen molar-refractivity contribution in [3.05, 3.63) is 69.7 Å². The van der Waals surface area contributed by atoms with Crippen LogP contribution in [0.25, 0.3) is 0 Å². The molecule has 0 N–H and O–H groups in total. The smallest absolute Gasteiger partial charge is 0.338 e. The van der Waals surface area contributed by atoms with E-state index in [-0.39, 0.29) is 31.1 Å². The molecule has 2 fully saturated rings. The molecule has 0 unspecified atom stereocenters. The van der Waals surface area contributed by atoms with E-state index < -0.39 is 35.0 Å². The van der Waals surface area contributed by atoms with E-state index in [4.69, 9.17) is 11.6 Å². The van der Waals surface area contributed by atoms with Crippen molar-refractivity contribution >= 4 is 29.3 Å². The largest absolute Gasteiger partial charge is 0.416 e. The summed E-state index contributed by atoms with van der Waals surface area (Å²) in [6.45, 7) is 2.20. The van der Waals surface area contributed by atoms with Crippen molar-refractivity contribution < 1.29 is 31.1 Å². The van der Waals surface area contributed by atoms with Crippen molar-refractivity contribution in [3.8, 4) is 0 Å². The zero-order chi connectivity index (χ0) is 25.4. The maximum Gasteiger partial charge on any atom is 0.416 e. The van der Waals surface area contributed by atoms with Crippen LogP contribution in [0.5, 0.6) is 0 Å². The molecule has 2 aromatic carbocycles. The Morgan fingerprint density at radius 2 is 1.46 bits per heavy atom. The zero-order valence-electron chi connectivity index (χ0n) is 18.5. The van der Waals surface area contributed by atoms with Crippen molar-refractivity contribution in [1.29, 1.82) is 0 Å². The molecule has 1 amide bonds. The van der Waals surface area contributed by atoms with Gasteiger partial charge in [0.15, 0.2) is 0 Å². The van der Waals surface area contributed by atoms with Crippen molar-refractivity contribution in [2.75, 3.05) is 37.7 Å². The van der Waals surface area contributed by atoms with Crippen LogP contribution in [-0.4, -0.2) is 59.4 Å². The van der Waals surface area contributed by atoms with Crippen LogP contribution in [0, 0.1) is 0 Å². The zero-order valence-corrected chi connectivity index (χ0v) is 20.1. The number of amides is 1. The first-order valence-corrected chi connectivity index (χ1v) is 12.6. The number of carbonyl (C=O) groups is 1. The Labute approximate surface area is 208 Å². The predicted octanol–water partition coefficient (Wildman–Crippen LogP) is 6.42. The predicted molar refractivity (Wildman–Crippen MR) is 124 cm³/mol. The van der Waals surface area contributed by atoms with E-state index in [1.807, 2.05) is 23.9 Å². The molecular weight excluding hydrogens is 514 g/mol. The Morgan fingerprint density at radius 1 is 0.886 bits per heavy atom. The molecule has 0 bridgehead atoms. The lowest BCUT2D eigenvalue weighted by Crippen LogP contribution is -2.53. The fourth-order valence-corrected chi connectivity index (χ4v) is 5.83. The van der Waals surface area contributed by atoms with Crippen LogP contribution in [0.4, 0.5) is 26.3 Å². The van der Waals surface area contributed by atoms with Crippen molar-refractivity contribution in [2.45, 2.75) is 30.7 Å². The van der Waals surface area contributed by atoms with Crippen LogP contribution in [0.2, 0.25) is 5.02 Å². The normalized spacial score (nSPS) is 22.3. The Kier molecular flexibility index (Phi) is 7.64. The molecule has 2 aliphatic heterocycles. The van der Waals surface area contributed by atoms with Gasteiger partial charge >= 0.3 is 12.4 Å². The summed E-state index contributed by atoms with van der Waals surface area (Å²) >= 11 is 7.90. The van der Waals surface area contributed by atoms with Gasteiger partial charge in [0.25, 0.3) is 5.91 Å². The van der Waals surface area contributed by atoms with Gasteiger partial charge in [-0.3, -0.25) is 9.69 Å². The van der Waals surface area contributed by atoms with Gasteiger partial charge in [0.05, 0.1) is 11.1 Å². The number of nitrogens with zero attached hydrogens (tertiary/aromatic N) is 2.